The van der Waals surface area contributed by atoms with Crippen molar-refractivity contribution < 1.29 is 122 Å². The highest BCUT2D eigenvalue weighted by atomic mass is 16.7. The van der Waals surface area contributed by atoms with E-state index in [1.807, 2.05) is 0 Å². The van der Waals surface area contributed by atoms with Crippen LogP contribution in [-0.4, -0.2) is 223 Å². The average molecular weight is 1130 g/mol. The van der Waals surface area contributed by atoms with E-state index in [0.717, 1.165) is 0 Å². The van der Waals surface area contributed by atoms with Gasteiger partial charge in [-0.05, 0) is 84.9 Å². The number of aliphatic hydroxyl groups excluding tert-OH is 7. The molecule has 25 atom stereocenters. The van der Waals surface area contributed by atoms with E-state index in [0.29, 0.717) is 0 Å². The summed E-state index contributed by atoms with van der Waals surface area (Å²) in [6, 6.07) is 3.02. The lowest BCUT2D eigenvalue weighted by Gasteiger charge is -2.46. The van der Waals surface area contributed by atoms with Gasteiger partial charge in [0.05, 0.1) is 71.5 Å². The number of ether oxygens (including phenoxy) is 12. The van der Waals surface area contributed by atoms with E-state index >= 15 is 4.79 Å². The van der Waals surface area contributed by atoms with Gasteiger partial charge < -0.3 is 108 Å². The van der Waals surface area contributed by atoms with Crippen molar-refractivity contribution in [3.05, 3.63) is 28.8 Å². The maximum absolute atomic E-state index is 15.1. The molecule has 5 fully saturated rings. The highest BCUT2D eigenvalue weighted by Crippen LogP contribution is 2.48. The van der Waals surface area contributed by atoms with Gasteiger partial charge in [-0.3, -0.25) is 14.4 Å². The third-order valence-corrected chi connectivity index (χ3v) is 16.2. The van der Waals surface area contributed by atoms with E-state index in [2.05, 4.69) is 0 Å². The number of phenolic OH excluding ortho intramolecular Hbond substituents is 2. The summed E-state index contributed by atoms with van der Waals surface area (Å²) in [5.74, 6) is -4.73. The maximum atomic E-state index is 15.1. The van der Waals surface area contributed by atoms with Gasteiger partial charge in [-0.15, -0.1) is 0 Å². The standard InChI is InChI=1S/C54H78O25/c1-19-30(75-35-15-32(45(60)22(4)69-35)76-36-14-31(74-26(8)56)44(59)21(3)70-36)13-28-11-27-12-29(51(68-10)50(65)43(58)20(2)55)52(49(64)41(27)48(63)40(28)42(19)57)79-38-17-33(46(61)24(6)72-38)77-37-16-34(47(62)23(5)71-37)78-39-18-54(9,67)53(66)25(7)73-39/h11,13,20-25,29,31-39,43-47,51-53,55,57-63,66-67H,12,14-18H2,1-10H3/t20-,21-,22-,23-,24-,25-,29?,31-,32-,33-,34-,35+,36+,37+,38+,39+,43+,44-,45-,46-,47+,51+,52+,53-,54+/m1/s1. The van der Waals surface area contributed by atoms with E-state index < -0.39 is 182 Å². The number of aromatic hydroxyl groups is 2. The van der Waals surface area contributed by atoms with Gasteiger partial charge in [0, 0.05) is 57.6 Å². The smallest absolute Gasteiger partial charge is 0.302 e. The molecule has 1 unspecified atom stereocenters. The van der Waals surface area contributed by atoms with Crippen LogP contribution in [0.2, 0.25) is 0 Å². The van der Waals surface area contributed by atoms with Gasteiger partial charge in [0.15, 0.2) is 36.7 Å². The molecule has 0 spiro atoms. The van der Waals surface area contributed by atoms with E-state index in [9.17, 15) is 60.7 Å². The van der Waals surface area contributed by atoms with Crippen molar-refractivity contribution in [2.75, 3.05) is 7.11 Å². The number of ketones is 2. The van der Waals surface area contributed by atoms with Crippen molar-refractivity contribution in [2.45, 2.75) is 248 Å². The molecule has 0 aromatic heterocycles. The number of hydrogen-bond donors (Lipinski definition) is 10. The van der Waals surface area contributed by atoms with Crippen LogP contribution in [0.15, 0.2) is 12.1 Å². The Hall–Kier alpha value is -3.81. The largest absolute Gasteiger partial charge is 0.507 e. The lowest BCUT2D eigenvalue weighted by molar-refractivity contribution is -0.334. The molecule has 0 amide bonds. The van der Waals surface area contributed by atoms with Crippen LogP contribution in [0.4, 0.5) is 0 Å². The topological polar surface area (TPSA) is 364 Å². The molecule has 25 heteroatoms. The summed E-state index contributed by atoms with van der Waals surface area (Å²) in [5.41, 5.74) is -1.51. The number of esters is 1. The second-order valence-electron chi connectivity index (χ2n) is 22.3. The van der Waals surface area contributed by atoms with Crippen molar-refractivity contribution in [3.63, 3.8) is 0 Å². The Labute approximate surface area is 456 Å². The molecule has 79 heavy (non-hydrogen) atoms. The van der Waals surface area contributed by atoms with Crippen LogP contribution < -0.4 is 4.74 Å². The Morgan fingerprint density at radius 2 is 1.15 bits per heavy atom. The van der Waals surface area contributed by atoms with Crippen LogP contribution in [0, 0.1) is 12.8 Å². The van der Waals surface area contributed by atoms with E-state index in [1.54, 1.807) is 27.7 Å². The minimum Gasteiger partial charge on any atom is -0.507 e. The minimum absolute atomic E-state index is 0.0244. The number of methoxy groups -OCH3 is 1. The van der Waals surface area contributed by atoms with Gasteiger partial charge in [-0.25, -0.2) is 0 Å². The average Bonchev–Trinajstić information content (AvgIpc) is 3.54. The number of phenols is 2. The van der Waals surface area contributed by atoms with E-state index in [4.69, 9.17) is 56.8 Å². The number of hydrogen-bond acceptors (Lipinski definition) is 25. The lowest BCUT2D eigenvalue weighted by Crippen LogP contribution is -2.58. The fraction of sp³-hybridized carbons (Fsp3) is 0.759. The SMILES string of the molecule is CO[C@H](C(=O)[C@@H](O)[C@@H](C)O)C1Cc2cc3cc(O[C@H]4C[C@@H](O[C@H]5C[C@@H](OC(C)=O)[C@H](O)[C@@H](C)O5)[C@H](O)[C@@H](C)O4)c(C)c(O)c3c(O)c2C(=O)[C@H]1O[C@H]1C[C@@H](O[C@H]2C[C@@H](O[C@H]3C[C@](C)(O)[C@H](O)[C@@H](C)O3)[C@@H](O)[C@@H](C)O2)[C@H](O)[C@@H](C)O1. The number of rotatable bonds is 16. The summed E-state index contributed by atoms with van der Waals surface area (Å²) < 4.78 is 72.1. The van der Waals surface area contributed by atoms with Gasteiger partial charge in [0.25, 0.3) is 0 Å². The predicted octanol–water partition coefficient (Wildman–Crippen LogP) is 0.322. The Morgan fingerprint density at radius 1 is 0.684 bits per heavy atom. The van der Waals surface area contributed by atoms with Crippen LogP contribution in [0.3, 0.4) is 0 Å². The zero-order valence-electron chi connectivity index (χ0n) is 45.8. The summed E-state index contributed by atoms with van der Waals surface area (Å²) in [4.78, 5) is 40.7. The van der Waals surface area contributed by atoms with Crippen LogP contribution in [-0.2, 0) is 68.1 Å². The fourth-order valence-corrected chi connectivity index (χ4v) is 11.7. The normalized spacial score (nSPS) is 41.2. The Bertz CT molecular complexity index is 2490. The molecule has 0 bridgehead atoms. The maximum Gasteiger partial charge on any atom is 0.302 e. The summed E-state index contributed by atoms with van der Waals surface area (Å²) in [6.07, 6.45) is -27.1. The number of fused-ring (bicyclic) bond motifs is 2. The molecule has 5 heterocycles. The Balaban J connectivity index is 1.04. The van der Waals surface area contributed by atoms with Gasteiger partial charge in [-0.2, -0.15) is 0 Å². The van der Waals surface area contributed by atoms with Crippen molar-refractivity contribution >= 4 is 28.3 Å². The number of carbonyl (C=O) groups is 3. The molecule has 444 valence electrons. The van der Waals surface area contributed by atoms with Gasteiger partial charge in [0.1, 0.15) is 72.2 Å². The van der Waals surface area contributed by atoms with Crippen molar-refractivity contribution in [1.29, 1.82) is 0 Å². The van der Waals surface area contributed by atoms with E-state index in [-0.39, 0.29) is 71.7 Å². The molecule has 5 aliphatic heterocycles. The number of carbonyl (C=O) groups excluding carboxylic acids is 3. The molecule has 0 saturated carbocycles. The van der Waals surface area contributed by atoms with Gasteiger partial charge in [0.2, 0.25) is 6.29 Å². The highest BCUT2D eigenvalue weighted by Gasteiger charge is 2.52. The summed E-state index contributed by atoms with van der Waals surface area (Å²) in [7, 11) is 1.18. The first-order valence-electron chi connectivity index (χ1n) is 26.9. The molecule has 25 nitrogen and oxygen atoms in total. The third-order valence-electron chi connectivity index (χ3n) is 16.2. The molecule has 5 saturated heterocycles. The number of aliphatic hydroxyl groups is 8. The minimum atomic E-state index is -1.96. The third kappa shape index (κ3) is 12.9. The van der Waals surface area contributed by atoms with Crippen LogP contribution in [0.1, 0.15) is 109 Å². The van der Waals surface area contributed by atoms with Crippen LogP contribution in [0.5, 0.6) is 17.2 Å². The molecule has 8 rings (SSSR count). The molecule has 10 N–H and O–H groups in total. The zero-order chi connectivity index (χ0) is 57.8. The first kappa shape index (κ1) is 61.3. The molecule has 1 aliphatic carbocycles. The Morgan fingerprint density at radius 3 is 1.66 bits per heavy atom. The summed E-state index contributed by atoms with van der Waals surface area (Å²) >= 11 is 0. The highest BCUT2D eigenvalue weighted by molar-refractivity contribution is 6.11. The number of benzene rings is 2. The Kier molecular flexibility index (Phi) is 19.1. The van der Waals surface area contributed by atoms with Gasteiger partial charge >= 0.3 is 5.97 Å². The van der Waals surface area contributed by atoms with Crippen molar-refractivity contribution in [3.8, 4) is 17.2 Å². The molecular weight excluding hydrogens is 1050 g/mol. The molecule has 2 aromatic carbocycles. The molecule has 2 aromatic rings. The van der Waals surface area contributed by atoms with Crippen molar-refractivity contribution in [1.82, 2.24) is 0 Å². The number of Topliss-reactive ketones (excluding diaryl/α,β-unsaturated/α-hetero) is 2. The molecule has 0 radical (unpaired) electrons. The summed E-state index contributed by atoms with van der Waals surface area (Å²) in [5, 5.41) is 111. The first-order valence-corrected chi connectivity index (χ1v) is 26.9. The quantitative estimate of drug-likeness (QED) is 0.101. The second kappa shape index (κ2) is 24.6. The van der Waals surface area contributed by atoms with Gasteiger partial charge in [-0.1, -0.05) is 0 Å². The lowest BCUT2D eigenvalue weighted by atomic mass is 9.75. The van der Waals surface area contributed by atoms with Crippen LogP contribution in [0.25, 0.3) is 10.8 Å². The predicted molar refractivity (Wildman–Crippen MR) is 268 cm³/mol. The van der Waals surface area contributed by atoms with E-state index in [1.165, 1.54) is 53.9 Å². The first-order chi connectivity index (χ1) is 37.1. The second-order valence-corrected chi connectivity index (χ2v) is 22.3. The monoisotopic (exact) mass is 1130 g/mol. The summed E-state index contributed by atoms with van der Waals surface area (Å²) in [6.45, 7) is 13.3. The molecular formula is C54H78O25. The van der Waals surface area contributed by atoms with Crippen molar-refractivity contribution in [2.24, 2.45) is 5.92 Å². The molecule has 6 aliphatic rings. The fourth-order valence-electron chi connectivity index (χ4n) is 11.7. The van der Waals surface area contributed by atoms with Crippen LogP contribution >= 0.6 is 0 Å². The zero-order valence-corrected chi connectivity index (χ0v) is 45.8.